The minimum absolute atomic E-state index is 0.0233. The maximum absolute atomic E-state index is 9.80. The third-order valence-electron chi connectivity index (χ3n) is 6.34. The molecular weight excluding hydrogens is 378 g/mol. The maximum Gasteiger partial charge on any atom is 0.211 e. The van der Waals surface area contributed by atoms with Crippen LogP contribution in [0, 0.1) is 0 Å². The lowest BCUT2D eigenvalue weighted by atomic mass is 9.91. The van der Waals surface area contributed by atoms with E-state index in [0.29, 0.717) is 6.04 Å². The molecule has 30 heavy (non-hydrogen) atoms. The van der Waals surface area contributed by atoms with Crippen molar-refractivity contribution in [2.24, 2.45) is 0 Å². The summed E-state index contributed by atoms with van der Waals surface area (Å²) in [5.74, 6) is 0.846. The van der Waals surface area contributed by atoms with Crippen LogP contribution in [0.4, 0.5) is 5.95 Å². The van der Waals surface area contributed by atoms with Crippen molar-refractivity contribution in [2.45, 2.75) is 37.9 Å². The molecule has 2 atom stereocenters. The number of hydrogen-bond acceptors (Lipinski definition) is 7. The number of aliphatic hydroxyl groups is 1. The normalized spacial score (nSPS) is 21.9. The Morgan fingerprint density at radius 2 is 2.20 bits per heavy atom. The number of piperazine rings is 1. The lowest BCUT2D eigenvalue weighted by Crippen LogP contribution is -2.54. The number of nitrogens with zero attached hydrogens (tertiary/aromatic N) is 6. The van der Waals surface area contributed by atoms with Gasteiger partial charge in [-0.3, -0.25) is 14.3 Å². The molecule has 3 aromatic rings. The Labute approximate surface area is 176 Å². The van der Waals surface area contributed by atoms with E-state index in [1.807, 2.05) is 24.5 Å². The number of aryl methyl sites for hydroxylation is 1. The average molecular weight is 408 g/mol. The molecule has 0 unspecified atom stereocenters. The number of nitrogens with one attached hydrogen (secondary N) is 1. The minimum atomic E-state index is 0.0233. The molecule has 1 aliphatic heterocycles. The van der Waals surface area contributed by atoms with E-state index in [0.717, 1.165) is 56.3 Å². The molecule has 3 aromatic heterocycles. The molecule has 1 saturated heterocycles. The molecule has 2 N–H and O–H groups in total. The van der Waals surface area contributed by atoms with Gasteiger partial charge in [-0.05, 0) is 44.0 Å². The fourth-order valence-corrected chi connectivity index (χ4v) is 4.81. The molecule has 0 amide bonds. The summed E-state index contributed by atoms with van der Waals surface area (Å²) in [6, 6.07) is 6.53. The molecule has 8 nitrogen and oxygen atoms in total. The lowest BCUT2D eigenvalue weighted by molar-refractivity contribution is 0.206. The van der Waals surface area contributed by atoms with Crippen LogP contribution < -0.4 is 10.2 Å². The second-order valence-electron chi connectivity index (χ2n) is 8.31. The van der Waals surface area contributed by atoms with Crippen molar-refractivity contribution >= 4 is 11.6 Å². The van der Waals surface area contributed by atoms with E-state index in [1.165, 1.54) is 17.7 Å². The number of pyridine rings is 1. The number of rotatable bonds is 5. The number of anilines is 1. The Balaban J connectivity index is 1.41. The van der Waals surface area contributed by atoms with Crippen molar-refractivity contribution in [1.29, 1.82) is 0 Å². The smallest absolute Gasteiger partial charge is 0.211 e. The molecule has 0 radical (unpaired) electrons. The summed E-state index contributed by atoms with van der Waals surface area (Å²) in [6.07, 6.45) is 9.24. The molecule has 1 fully saturated rings. The van der Waals surface area contributed by atoms with Crippen LogP contribution in [-0.2, 0) is 13.0 Å². The first kappa shape index (κ1) is 19.4. The quantitative estimate of drug-likeness (QED) is 0.662. The van der Waals surface area contributed by atoms with Gasteiger partial charge in [-0.1, -0.05) is 6.07 Å². The summed E-state index contributed by atoms with van der Waals surface area (Å²) in [4.78, 5) is 18.7. The van der Waals surface area contributed by atoms with Gasteiger partial charge >= 0.3 is 0 Å². The molecule has 0 spiro atoms. The third kappa shape index (κ3) is 3.55. The van der Waals surface area contributed by atoms with Crippen LogP contribution in [-0.4, -0.2) is 68.7 Å². The van der Waals surface area contributed by atoms with Gasteiger partial charge in [0.05, 0.1) is 30.1 Å². The van der Waals surface area contributed by atoms with Gasteiger partial charge in [0.15, 0.2) is 0 Å². The summed E-state index contributed by atoms with van der Waals surface area (Å²) in [7, 11) is 2.16. The van der Waals surface area contributed by atoms with Gasteiger partial charge in [0.25, 0.3) is 0 Å². The third-order valence-corrected chi connectivity index (χ3v) is 6.34. The fraction of sp³-hybridized carbons (Fsp3) is 0.500. The van der Waals surface area contributed by atoms with Gasteiger partial charge < -0.3 is 15.3 Å². The Morgan fingerprint density at radius 3 is 3.10 bits per heavy atom. The maximum atomic E-state index is 9.80. The number of hydrogen-bond donors (Lipinski definition) is 2. The summed E-state index contributed by atoms with van der Waals surface area (Å²) in [5, 5.41) is 13.1. The van der Waals surface area contributed by atoms with Gasteiger partial charge in [0.1, 0.15) is 5.65 Å². The van der Waals surface area contributed by atoms with Gasteiger partial charge in [-0.15, -0.1) is 0 Å². The first-order chi connectivity index (χ1) is 14.7. The molecule has 4 heterocycles. The number of fused-ring (bicyclic) bond motifs is 2. The number of imidazole rings is 1. The topological polar surface area (TPSA) is 81.8 Å². The number of aliphatic hydroxyl groups excluding tert-OH is 1. The zero-order chi connectivity index (χ0) is 20.5. The first-order valence-electron chi connectivity index (χ1n) is 10.8. The zero-order valence-electron chi connectivity index (χ0n) is 17.4. The summed E-state index contributed by atoms with van der Waals surface area (Å²) >= 11 is 0. The van der Waals surface area contributed by atoms with Gasteiger partial charge in [-0.25, -0.2) is 9.97 Å². The first-order valence-corrected chi connectivity index (χ1v) is 10.8. The van der Waals surface area contributed by atoms with Crippen molar-refractivity contribution in [3.63, 3.8) is 0 Å². The highest BCUT2D eigenvalue weighted by Gasteiger charge is 2.27. The van der Waals surface area contributed by atoms with Crippen molar-refractivity contribution in [3.8, 4) is 0 Å². The van der Waals surface area contributed by atoms with Crippen LogP contribution in [0.5, 0.6) is 0 Å². The highest BCUT2D eigenvalue weighted by molar-refractivity contribution is 5.48. The van der Waals surface area contributed by atoms with E-state index in [9.17, 15) is 5.11 Å². The van der Waals surface area contributed by atoms with E-state index in [2.05, 4.69) is 48.8 Å². The molecule has 158 valence electrons. The van der Waals surface area contributed by atoms with Crippen molar-refractivity contribution in [2.75, 3.05) is 38.2 Å². The second kappa shape index (κ2) is 8.29. The SMILES string of the molecule is CN(Cc1cn2c(N3CCNC[C@H]3CO)nccc2n1)[C@H]1CCCc2cccnc21. The predicted molar refractivity (Wildman–Crippen MR) is 115 cm³/mol. The van der Waals surface area contributed by atoms with Crippen LogP contribution in [0.15, 0.2) is 36.8 Å². The van der Waals surface area contributed by atoms with Crippen LogP contribution in [0.3, 0.4) is 0 Å². The Morgan fingerprint density at radius 1 is 1.27 bits per heavy atom. The molecule has 0 aromatic carbocycles. The van der Waals surface area contributed by atoms with Gasteiger partial charge in [0, 0.05) is 44.8 Å². The molecular formula is C22H29N7O. The Hall–Kier alpha value is -2.55. The van der Waals surface area contributed by atoms with Gasteiger partial charge in [-0.2, -0.15) is 0 Å². The highest BCUT2D eigenvalue weighted by atomic mass is 16.3. The molecule has 0 saturated carbocycles. The van der Waals surface area contributed by atoms with Gasteiger partial charge in [0.2, 0.25) is 5.95 Å². The van der Waals surface area contributed by atoms with Crippen molar-refractivity contribution in [1.82, 2.24) is 29.6 Å². The molecule has 8 heteroatoms. The van der Waals surface area contributed by atoms with Crippen LogP contribution in [0.25, 0.3) is 5.65 Å². The zero-order valence-corrected chi connectivity index (χ0v) is 17.4. The standard InChI is InChI=1S/C22H29N7O/c1-27(19-6-2-4-16-5-3-8-24-21(16)19)13-17-14-29-20(26-17)7-9-25-22(29)28-11-10-23-12-18(28)15-30/h3,5,7-9,14,18-19,23,30H,2,4,6,10-13,15H2,1H3/t18-,19-/m0/s1. The van der Waals surface area contributed by atoms with E-state index in [4.69, 9.17) is 4.98 Å². The largest absolute Gasteiger partial charge is 0.394 e. The van der Waals surface area contributed by atoms with E-state index >= 15 is 0 Å². The highest BCUT2D eigenvalue weighted by Crippen LogP contribution is 2.32. The van der Waals surface area contributed by atoms with E-state index in [1.54, 1.807) is 0 Å². The van der Waals surface area contributed by atoms with E-state index in [-0.39, 0.29) is 12.6 Å². The fourth-order valence-electron chi connectivity index (χ4n) is 4.81. The lowest BCUT2D eigenvalue weighted by Gasteiger charge is -2.35. The van der Waals surface area contributed by atoms with E-state index < -0.39 is 0 Å². The summed E-state index contributed by atoms with van der Waals surface area (Å²) in [5.41, 5.74) is 4.49. The number of aromatic nitrogens is 4. The van der Waals surface area contributed by atoms with Crippen molar-refractivity contribution < 1.29 is 5.11 Å². The monoisotopic (exact) mass is 407 g/mol. The van der Waals surface area contributed by atoms with Crippen LogP contribution in [0.1, 0.15) is 35.8 Å². The Bertz CT molecular complexity index is 1020. The minimum Gasteiger partial charge on any atom is -0.394 e. The molecule has 1 aliphatic carbocycles. The van der Waals surface area contributed by atoms with Crippen LogP contribution in [0.2, 0.25) is 0 Å². The van der Waals surface area contributed by atoms with Crippen molar-refractivity contribution in [3.05, 3.63) is 53.7 Å². The summed E-state index contributed by atoms with van der Waals surface area (Å²) in [6.45, 7) is 3.31. The molecule has 2 aliphatic rings. The average Bonchev–Trinajstić information content (AvgIpc) is 3.21. The predicted octanol–water partition coefficient (Wildman–Crippen LogP) is 1.40. The van der Waals surface area contributed by atoms with Crippen LogP contribution >= 0.6 is 0 Å². The molecule has 0 bridgehead atoms. The molecule has 5 rings (SSSR count). The Kier molecular flexibility index (Phi) is 5.37. The second-order valence-corrected chi connectivity index (χ2v) is 8.31. The summed E-state index contributed by atoms with van der Waals surface area (Å²) < 4.78 is 2.06.